The van der Waals surface area contributed by atoms with Gasteiger partial charge in [0.05, 0.1) is 17.5 Å². The number of nitrogens with zero attached hydrogens (tertiary/aromatic N) is 1. The average Bonchev–Trinajstić information content (AvgIpc) is 2.28. The molecule has 0 aliphatic carbocycles. The normalized spacial score (nSPS) is 12.1. The van der Waals surface area contributed by atoms with Crippen LogP contribution in [0.15, 0.2) is 22.7 Å². The van der Waals surface area contributed by atoms with Gasteiger partial charge >= 0.3 is 0 Å². The van der Waals surface area contributed by atoms with Crippen molar-refractivity contribution in [3.8, 4) is 6.07 Å². The van der Waals surface area contributed by atoms with Gasteiger partial charge in [-0.05, 0) is 40.0 Å². The summed E-state index contributed by atoms with van der Waals surface area (Å²) in [5.41, 5.74) is 1.16. The molecular formula is C12H14BrClN2. The molecule has 1 aromatic rings. The van der Waals surface area contributed by atoms with Crippen LogP contribution >= 0.6 is 27.5 Å². The summed E-state index contributed by atoms with van der Waals surface area (Å²) in [4.78, 5) is 0. The highest BCUT2D eigenvalue weighted by molar-refractivity contribution is 9.10. The zero-order valence-electron chi connectivity index (χ0n) is 9.13. The molecule has 0 radical (unpaired) electrons. The van der Waals surface area contributed by atoms with Gasteiger partial charge in [-0.2, -0.15) is 5.26 Å². The maximum absolute atomic E-state index is 8.63. The van der Waals surface area contributed by atoms with Crippen LogP contribution < -0.4 is 5.32 Å². The molecule has 0 amide bonds. The Bertz CT molecular complexity index is 387. The highest BCUT2D eigenvalue weighted by Crippen LogP contribution is 2.23. The minimum atomic E-state index is 0.263. The summed E-state index contributed by atoms with van der Waals surface area (Å²) in [5.74, 6) is 0. The van der Waals surface area contributed by atoms with E-state index in [9.17, 15) is 0 Å². The molecule has 0 aliphatic rings. The van der Waals surface area contributed by atoms with E-state index >= 15 is 0 Å². The molecule has 0 aromatic heterocycles. The van der Waals surface area contributed by atoms with Gasteiger partial charge in [-0.3, -0.25) is 0 Å². The summed E-state index contributed by atoms with van der Waals surface area (Å²) in [6.45, 7) is 2.84. The number of hydrogen-bond donors (Lipinski definition) is 1. The lowest BCUT2D eigenvalue weighted by Crippen LogP contribution is -2.27. The third-order valence-electron chi connectivity index (χ3n) is 2.41. The van der Waals surface area contributed by atoms with Gasteiger partial charge in [0.15, 0.2) is 0 Å². The zero-order chi connectivity index (χ0) is 12.0. The fourth-order valence-electron chi connectivity index (χ4n) is 1.38. The highest BCUT2D eigenvalue weighted by Gasteiger charge is 2.05. The van der Waals surface area contributed by atoms with Gasteiger partial charge in [0.2, 0.25) is 0 Å². The number of nitriles is 1. The third-order valence-corrected chi connectivity index (χ3v) is 3.62. The molecule has 16 heavy (non-hydrogen) atoms. The lowest BCUT2D eigenvalue weighted by atomic mass is 10.1. The quantitative estimate of drug-likeness (QED) is 0.895. The van der Waals surface area contributed by atoms with Crippen molar-refractivity contribution >= 4 is 27.5 Å². The molecule has 0 saturated heterocycles. The van der Waals surface area contributed by atoms with Crippen LogP contribution in [0, 0.1) is 11.3 Å². The maximum atomic E-state index is 8.63. The number of benzene rings is 1. The molecule has 1 N–H and O–H groups in total. The van der Waals surface area contributed by atoms with Crippen LogP contribution in [0.4, 0.5) is 0 Å². The lowest BCUT2D eigenvalue weighted by Gasteiger charge is -2.13. The Morgan fingerprint density at radius 3 is 2.88 bits per heavy atom. The molecule has 0 saturated carbocycles. The summed E-state index contributed by atoms with van der Waals surface area (Å²) >= 11 is 9.30. The smallest absolute Gasteiger partial charge is 0.0638 e. The fraction of sp³-hybridized carbons (Fsp3) is 0.417. The van der Waals surface area contributed by atoms with Gasteiger partial charge < -0.3 is 5.32 Å². The van der Waals surface area contributed by atoms with E-state index in [1.54, 1.807) is 0 Å². The first-order valence-electron chi connectivity index (χ1n) is 5.21. The molecule has 86 valence electrons. The molecule has 1 unspecified atom stereocenters. The van der Waals surface area contributed by atoms with Gasteiger partial charge in [0, 0.05) is 17.1 Å². The fourth-order valence-corrected chi connectivity index (χ4v) is 1.93. The molecule has 4 heteroatoms. The first-order valence-corrected chi connectivity index (χ1v) is 6.38. The molecule has 0 spiro atoms. The summed E-state index contributed by atoms with van der Waals surface area (Å²) < 4.78 is 0.904. The second-order valence-corrected chi connectivity index (χ2v) is 4.86. The van der Waals surface area contributed by atoms with Gasteiger partial charge in [-0.25, -0.2) is 0 Å². The average molecular weight is 302 g/mol. The summed E-state index contributed by atoms with van der Waals surface area (Å²) in [5, 5.41) is 12.7. The van der Waals surface area contributed by atoms with Crippen molar-refractivity contribution in [3.63, 3.8) is 0 Å². The number of rotatable bonds is 5. The SMILES string of the molecule is CCC(CC#N)NCc1ccc(Cl)c(Br)c1. The second-order valence-electron chi connectivity index (χ2n) is 3.60. The minimum absolute atomic E-state index is 0.263. The van der Waals surface area contributed by atoms with Crippen LogP contribution in [0.1, 0.15) is 25.3 Å². The Labute approximate surface area is 110 Å². The lowest BCUT2D eigenvalue weighted by molar-refractivity contribution is 0.505. The monoisotopic (exact) mass is 300 g/mol. The summed E-state index contributed by atoms with van der Waals surface area (Å²) in [6, 6.07) is 8.29. The van der Waals surface area contributed by atoms with E-state index in [1.165, 1.54) is 0 Å². The molecule has 2 nitrogen and oxygen atoms in total. The van der Waals surface area contributed by atoms with Crippen molar-refractivity contribution in [2.24, 2.45) is 0 Å². The highest BCUT2D eigenvalue weighted by atomic mass is 79.9. The van der Waals surface area contributed by atoms with Crippen LogP contribution in [-0.4, -0.2) is 6.04 Å². The second kappa shape index (κ2) is 6.90. The summed E-state index contributed by atoms with van der Waals surface area (Å²) in [7, 11) is 0. The molecule has 1 atom stereocenters. The van der Waals surface area contributed by atoms with Gasteiger partial charge in [-0.15, -0.1) is 0 Å². The largest absolute Gasteiger partial charge is 0.309 e. The predicted molar refractivity (Wildman–Crippen MR) is 70.3 cm³/mol. The van der Waals surface area contributed by atoms with Crippen molar-refractivity contribution in [1.82, 2.24) is 5.32 Å². The molecule has 1 aromatic carbocycles. The van der Waals surface area contributed by atoms with Gasteiger partial charge in [0.25, 0.3) is 0 Å². The van der Waals surface area contributed by atoms with Crippen LogP contribution in [0.2, 0.25) is 5.02 Å². The number of hydrogen-bond acceptors (Lipinski definition) is 2. The van der Waals surface area contributed by atoms with E-state index in [0.29, 0.717) is 11.4 Å². The third kappa shape index (κ3) is 4.13. The van der Waals surface area contributed by atoms with Crippen molar-refractivity contribution in [3.05, 3.63) is 33.3 Å². The Balaban J connectivity index is 2.54. The van der Waals surface area contributed by atoms with Crippen LogP contribution in [0.3, 0.4) is 0 Å². The molecular weight excluding hydrogens is 288 g/mol. The van der Waals surface area contributed by atoms with Crippen LogP contribution in [0.5, 0.6) is 0 Å². The standard InChI is InChI=1S/C12H14BrClN2/c1-2-10(5-6-15)16-8-9-3-4-12(14)11(13)7-9/h3-4,7,10,16H,2,5,8H2,1H3. The molecule has 0 heterocycles. The van der Waals surface area contributed by atoms with E-state index in [2.05, 4.69) is 34.2 Å². The van der Waals surface area contributed by atoms with E-state index in [4.69, 9.17) is 16.9 Å². The number of nitrogens with one attached hydrogen (secondary N) is 1. The van der Waals surface area contributed by atoms with E-state index in [1.807, 2.05) is 18.2 Å². The van der Waals surface area contributed by atoms with Crippen LogP contribution in [0.25, 0.3) is 0 Å². The molecule has 1 rings (SSSR count). The van der Waals surface area contributed by atoms with E-state index in [-0.39, 0.29) is 6.04 Å². The predicted octanol–water partition coefficient (Wildman–Crippen LogP) is 3.88. The first kappa shape index (κ1) is 13.5. The van der Waals surface area contributed by atoms with Crippen molar-refractivity contribution in [1.29, 1.82) is 5.26 Å². The van der Waals surface area contributed by atoms with Crippen molar-refractivity contribution in [2.75, 3.05) is 0 Å². The Kier molecular flexibility index (Phi) is 5.83. The maximum Gasteiger partial charge on any atom is 0.0638 e. The topological polar surface area (TPSA) is 35.8 Å². The van der Waals surface area contributed by atoms with Crippen molar-refractivity contribution < 1.29 is 0 Å². The Morgan fingerprint density at radius 1 is 1.56 bits per heavy atom. The molecule has 0 bridgehead atoms. The minimum Gasteiger partial charge on any atom is -0.309 e. The van der Waals surface area contributed by atoms with Gasteiger partial charge in [0.1, 0.15) is 0 Å². The van der Waals surface area contributed by atoms with E-state index in [0.717, 1.165) is 23.0 Å². The number of halogens is 2. The van der Waals surface area contributed by atoms with E-state index < -0.39 is 0 Å². The zero-order valence-corrected chi connectivity index (χ0v) is 11.5. The molecule has 0 aliphatic heterocycles. The Hall–Kier alpha value is -0.560. The summed E-state index contributed by atoms with van der Waals surface area (Å²) in [6.07, 6.45) is 1.51. The molecule has 0 fully saturated rings. The van der Waals surface area contributed by atoms with Crippen molar-refractivity contribution in [2.45, 2.75) is 32.4 Å². The van der Waals surface area contributed by atoms with Crippen LogP contribution in [-0.2, 0) is 6.54 Å². The first-order chi connectivity index (χ1) is 7.67. The van der Waals surface area contributed by atoms with Gasteiger partial charge in [-0.1, -0.05) is 24.6 Å². The Morgan fingerprint density at radius 2 is 2.31 bits per heavy atom.